The van der Waals surface area contributed by atoms with Crippen LogP contribution in [0.3, 0.4) is 0 Å². The van der Waals surface area contributed by atoms with Crippen LogP contribution in [0.4, 0.5) is 10.5 Å². The van der Waals surface area contributed by atoms with Gasteiger partial charge in [-0.05, 0) is 30.2 Å². The summed E-state index contributed by atoms with van der Waals surface area (Å²) in [5.74, 6) is -0.221. The zero-order chi connectivity index (χ0) is 21.9. The molecule has 0 spiro atoms. The Hall–Kier alpha value is -2.04. The minimum Gasteiger partial charge on any atom is -0.494 e. The molecule has 0 saturated carbocycles. The molecule has 0 bridgehead atoms. The lowest BCUT2D eigenvalue weighted by Gasteiger charge is -2.13. The van der Waals surface area contributed by atoms with Crippen molar-refractivity contribution in [2.24, 2.45) is 11.4 Å². The molecule has 0 N–H and O–H groups in total. The summed E-state index contributed by atoms with van der Waals surface area (Å²) in [5, 5.41) is 3.17. The van der Waals surface area contributed by atoms with Crippen molar-refractivity contribution >= 4 is 49.9 Å². The number of carbonyl (C=O) groups excluding carboxylic acids is 2. The highest BCUT2D eigenvalue weighted by atomic mass is 35.5. The number of benzene rings is 1. The Balaban J connectivity index is 2.63. The molecule has 1 atom stereocenters. The highest BCUT2D eigenvalue weighted by Gasteiger charge is 2.26. The van der Waals surface area contributed by atoms with Crippen LogP contribution in [-0.2, 0) is 16.8 Å². The van der Waals surface area contributed by atoms with E-state index in [1.807, 2.05) is 0 Å². The number of methoxy groups -OCH3 is 1. The summed E-state index contributed by atoms with van der Waals surface area (Å²) in [4.78, 5) is 24.8. The molecule has 29 heavy (non-hydrogen) atoms. The van der Waals surface area contributed by atoms with Crippen LogP contribution in [0.25, 0.3) is 0 Å². The van der Waals surface area contributed by atoms with Gasteiger partial charge in [0.2, 0.25) is 11.7 Å². The van der Waals surface area contributed by atoms with Crippen LogP contribution in [0.2, 0.25) is 5.02 Å². The summed E-state index contributed by atoms with van der Waals surface area (Å²) in [6.45, 7) is 3.56. The smallest absolute Gasteiger partial charge is 0.373 e. The summed E-state index contributed by atoms with van der Waals surface area (Å²) >= 11 is 7.35. The van der Waals surface area contributed by atoms with Crippen LogP contribution in [0, 0.1) is 0 Å². The second kappa shape index (κ2) is 9.19. The quantitative estimate of drug-likeness (QED) is 0.468. The van der Waals surface area contributed by atoms with E-state index in [9.17, 15) is 13.8 Å². The maximum Gasteiger partial charge on any atom is 0.373 e. The minimum atomic E-state index is -2.63. The fraction of sp³-hybridized carbons (Fsp3) is 0.389. The highest BCUT2D eigenvalue weighted by Crippen LogP contribution is 2.40. The van der Waals surface area contributed by atoms with Gasteiger partial charge in [0.05, 0.1) is 28.1 Å². The first-order valence-electron chi connectivity index (χ1n) is 8.43. The Morgan fingerprint density at radius 1 is 1.31 bits per heavy atom. The number of nitrogens with zero attached hydrogens (tertiary/aromatic N) is 3. The first-order valence-corrected chi connectivity index (χ1v) is 12.0. The van der Waals surface area contributed by atoms with Crippen molar-refractivity contribution in [1.82, 2.24) is 9.78 Å². The second-order valence-corrected chi connectivity index (χ2v) is 10.3. The molecule has 0 fully saturated rings. The Bertz CT molecular complexity index is 1070. The lowest BCUT2D eigenvalue weighted by molar-refractivity contribution is 0.103. The molecule has 2 rings (SSSR count). The Labute approximate surface area is 179 Å². The number of thioether (sulfide) groups is 1. The summed E-state index contributed by atoms with van der Waals surface area (Å²) in [6.07, 6.45) is 4.37. The SMILES string of the molecule is COc1ccc(C(=O)c2cnn(C)c2OC(=O)SC)c(Cl)c1N=S(C)(=O)C(C)C. The van der Waals surface area contributed by atoms with Crippen molar-refractivity contribution in [3.63, 3.8) is 0 Å². The molecule has 1 heterocycles. The van der Waals surface area contributed by atoms with E-state index < -0.39 is 20.8 Å². The summed E-state index contributed by atoms with van der Waals surface area (Å²) in [5.41, 5.74) is 0.293. The van der Waals surface area contributed by atoms with Gasteiger partial charge < -0.3 is 9.47 Å². The standard InChI is InChI=1S/C18H22ClN3O5S2/c1-10(2)29(6,25)21-15-13(26-4)8-7-11(14(15)19)16(23)12-9-20-22(3)17(12)27-18(24)28-5/h7-10H,1-6H3. The fourth-order valence-electron chi connectivity index (χ4n) is 2.23. The van der Waals surface area contributed by atoms with Crippen molar-refractivity contribution in [1.29, 1.82) is 0 Å². The van der Waals surface area contributed by atoms with Gasteiger partial charge in [0.25, 0.3) is 0 Å². The van der Waals surface area contributed by atoms with E-state index in [1.165, 1.54) is 36.4 Å². The maximum atomic E-state index is 13.1. The van der Waals surface area contributed by atoms with Crippen molar-refractivity contribution in [3.8, 4) is 11.6 Å². The number of rotatable bonds is 6. The molecule has 0 aliphatic carbocycles. The number of hydrogen-bond donors (Lipinski definition) is 0. The molecular weight excluding hydrogens is 438 g/mol. The van der Waals surface area contributed by atoms with Crippen LogP contribution in [0.15, 0.2) is 22.7 Å². The number of aryl methyl sites for hydroxylation is 1. The molecule has 158 valence electrons. The van der Waals surface area contributed by atoms with Gasteiger partial charge in [0.1, 0.15) is 17.0 Å². The van der Waals surface area contributed by atoms with Gasteiger partial charge in [-0.2, -0.15) is 9.46 Å². The van der Waals surface area contributed by atoms with Gasteiger partial charge in [0.15, 0.2) is 0 Å². The van der Waals surface area contributed by atoms with Gasteiger partial charge >= 0.3 is 5.30 Å². The van der Waals surface area contributed by atoms with Gasteiger partial charge in [-0.1, -0.05) is 25.4 Å². The topological polar surface area (TPSA) is 99.8 Å². The van der Waals surface area contributed by atoms with Crippen molar-refractivity contribution < 1.29 is 23.3 Å². The molecule has 0 saturated heterocycles. The molecule has 0 aliphatic heterocycles. The summed E-state index contributed by atoms with van der Waals surface area (Å²) in [6, 6.07) is 3.00. The van der Waals surface area contributed by atoms with E-state index in [4.69, 9.17) is 21.1 Å². The van der Waals surface area contributed by atoms with E-state index in [0.29, 0.717) is 5.75 Å². The average Bonchev–Trinajstić information content (AvgIpc) is 3.02. The van der Waals surface area contributed by atoms with Crippen LogP contribution in [0.5, 0.6) is 11.6 Å². The number of aromatic nitrogens is 2. The molecule has 1 aromatic carbocycles. The zero-order valence-corrected chi connectivity index (χ0v) is 19.3. The van der Waals surface area contributed by atoms with Gasteiger partial charge in [-0.3, -0.25) is 4.79 Å². The third kappa shape index (κ3) is 4.93. The molecule has 0 amide bonds. The third-order valence-electron chi connectivity index (χ3n) is 4.17. The predicted octanol–water partition coefficient (Wildman–Crippen LogP) is 4.31. The molecule has 0 aliphatic rings. The lowest BCUT2D eigenvalue weighted by atomic mass is 10.0. The van der Waals surface area contributed by atoms with Crippen LogP contribution in [-0.4, -0.2) is 49.9 Å². The molecule has 2 aromatic rings. The average molecular weight is 460 g/mol. The van der Waals surface area contributed by atoms with Crippen molar-refractivity contribution in [2.45, 2.75) is 19.1 Å². The number of halogens is 1. The Kier molecular flexibility index (Phi) is 7.36. The minimum absolute atomic E-state index is 0.00110. The monoisotopic (exact) mass is 459 g/mol. The largest absolute Gasteiger partial charge is 0.494 e. The normalized spacial score (nSPS) is 13.1. The second-order valence-electron chi connectivity index (χ2n) is 6.35. The van der Waals surface area contributed by atoms with Crippen molar-refractivity contribution in [3.05, 3.63) is 34.5 Å². The molecular formula is C18H22ClN3O5S2. The summed E-state index contributed by atoms with van der Waals surface area (Å²) < 4.78 is 28.9. The maximum absolute atomic E-state index is 13.1. The number of ether oxygens (including phenoxy) is 2. The summed E-state index contributed by atoms with van der Waals surface area (Å²) in [7, 11) is 0.351. The van der Waals surface area contributed by atoms with Gasteiger partial charge in [-0.15, -0.1) is 0 Å². The highest BCUT2D eigenvalue weighted by molar-refractivity contribution is 8.12. The Morgan fingerprint density at radius 2 is 1.97 bits per heavy atom. The lowest BCUT2D eigenvalue weighted by Crippen LogP contribution is -2.11. The number of hydrogen-bond acceptors (Lipinski definition) is 8. The van der Waals surface area contributed by atoms with Crippen LogP contribution >= 0.6 is 23.4 Å². The third-order valence-corrected chi connectivity index (χ3v) is 7.26. The van der Waals surface area contributed by atoms with E-state index in [2.05, 4.69) is 9.46 Å². The van der Waals surface area contributed by atoms with Gasteiger partial charge in [0, 0.05) is 24.1 Å². The molecule has 1 unspecified atom stereocenters. The Morgan fingerprint density at radius 3 is 2.52 bits per heavy atom. The van der Waals surface area contributed by atoms with Crippen LogP contribution in [0.1, 0.15) is 29.8 Å². The molecule has 0 radical (unpaired) electrons. The van der Waals surface area contributed by atoms with E-state index in [1.54, 1.807) is 27.2 Å². The van der Waals surface area contributed by atoms with E-state index >= 15 is 0 Å². The van der Waals surface area contributed by atoms with E-state index in [0.717, 1.165) is 11.8 Å². The van der Waals surface area contributed by atoms with Crippen LogP contribution < -0.4 is 9.47 Å². The first kappa shape index (κ1) is 23.2. The molecule has 1 aromatic heterocycles. The zero-order valence-electron chi connectivity index (χ0n) is 16.9. The van der Waals surface area contributed by atoms with E-state index in [-0.39, 0.29) is 33.0 Å². The predicted molar refractivity (Wildman–Crippen MR) is 115 cm³/mol. The van der Waals surface area contributed by atoms with Gasteiger partial charge in [-0.25, -0.2) is 13.7 Å². The first-order chi connectivity index (χ1) is 13.5. The molecule has 11 heteroatoms. The number of ketones is 1. The number of carbonyl (C=O) groups is 2. The van der Waals surface area contributed by atoms with Crippen molar-refractivity contribution in [2.75, 3.05) is 19.6 Å². The fourth-order valence-corrected chi connectivity index (χ4v) is 3.48. The molecule has 8 nitrogen and oxygen atoms in total.